The fourth-order valence-electron chi connectivity index (χ4n) is 1.72. The molecule has 0 fully saturated rings. The number of nitrogen functional groups attached to an aromatic ring is 1. The molecule has 1 rings (SSSR count). The van der Waals surface area contributed by atoms with Gasteiger partial charge in [-0.25, -0.2) is 13.1 Å². The van der Waals surface area contributed by atoms with Gasteiger partial charge < -0.3 is 5.73 Å². The van der Waals surface area contributed by atoms with Crippen molar-refractivity contribution in [2.75, 3.05) is 23.8 Å². The van der Waals surface area contributed by atoms with E-state index in [1.807, 2.05) is 24.3 Å². The molecule has 0 aliphatic heterocycles. The Balaban J connectivity index is 2.24. The lowest BCUT2D eigenvalue weighted by atomic mass is 10.2. The topological polar surface area (TPSA) is 72.2 Å². The fraction of sp³-hybridized carbons (Fsp3) is 0.571. The highest BCUT2D eigenvalue weighted by Crippen LogP contribution is 2.24. The van der Waals surface area contributed by atoms with Crippen LogP contribution in [0.5, 0.6) is 0 Å². The summed E-state index contributed by atoms with van der Waals surface area (Å²) in [7, 11) is -3.16. The van der Waals surface area contributed by atoms with Gasteiger partial charge in [0.25, 0.3) is 0 Å². The van der Waals surface area contributed by atoms with Crippen LogP contribution in [-0.2, 0) is 10.0 Å². The molecule has 0 atom stereocenters. The van der Waals surface area contributed by atoms with E-state index >= 15 is 0 Å². The van der Waals surface area contributed by atoms with E-state index in [1.165, 1.54) is 11.8 Å². The lowest BCUT2D eigenvalue weighted by Gasteiger charge is -2.07. The molecule has 0 bridgehead atoms. The first-order chi connectivity index (χ1) is 9.55. The van der Waals surface area contributed by atoms with E-state index in [0.29, 0.717) is 18.0 Å². The molecule has 0 amide bonds. The summed E-state index contributed by atoms with van der Waals surface area (Å²) >= 11 is 1.48. The molecule has 0 aliphatic rings. The van der Waals surface area contributed by atoms with Gasteiger partial charge in [0.1, 0.15) is 0 Å². The number of nitrogens with two attached hydrogens (primary N) is 1. The van der Waals surface area contributed by atoms with Crippen molar-refractivity contribution in [3.63, 3.8) is 0 Å². The summed E-state index contributed by atoms with van der Waals surface area (Å²) in [5.41, 5.74) is 6.51. The average Bonchev–Trinajstić information content (AvgIpc) is 2.40. The van der Waals surface area contributed by atoms with Crippen molar-refractivity contribution in [2.24, 2.45) is 0 Å². The number of thioether (sulfide) groups is 1. The van der Waals surface area contributed by atoms with Crippen LogP contribution in [0.15, 0.2) is 29.2 Å². The van der Waals surface area contributed by atoms with Crippen LogP contribution in [-0.4, -0.2) is 26.5 Å². The van der Waals surface area contributed by atoms with Crippen molar-refractivity contribution in [2.45, 2.75) is 37.5 Å². The predicted octanol–water partition coefficient (Wildman–Crippen LogP) is 2.86. The Labute approximate surface area is 126 Å². The molecule has 0 aromatic heterocycles. The van der Waals surface area contributed by atoms with Gasteiger partial charge in [-0.15, -0.1) is 11.8 Å². The Kier molecular flexibility index (Phi) is 8.02. The van der Waals surface area contributed by atoms with Crippen LogP contribution in [0, 0.1) is 0 Å². The zero-order chi connectivity index (χ0) is 14.8. The van der Waals surface area contributed by atoms with Crippen LogP contribution in [0.2, 0.25) is 0 Å². The van der Waals surface area contributed by atoms with E-state index in [4.69, 9.17) is 5.73 Å². The van der Waals surface area contributed by atoms with Crippen molar-refractivity contribution in [3.05, 3.63) is 24.3 Å². The van der Waals surface area contributed by atoms with Crippen molar-refractivity contribution in [1.29, 1.82) is 0 Å². The Morgan fingerprint density at radius 3 is 2.65 bits per heavy atom. The van der Waals surface area contributed by atoms with Gasteiger partial charge in [0.15, 0.2) is 0 Å². The molecule has 20 heavy (non-hydrogen) atoms. The molecule has 4 nitrogen and oxygen atoms in total. The van der Waals surface area contributed by atoms with E-state index < -0.39 is 10.0 Å². The smallest absolute Gasteiger partial charge is 0.212 e. The minimum absolute atomic E-state index is 0.125. The zero-order valence-electron chi connectivity index (χ0n) is 12.0. The molecule has 1 aromatic rings. The second kappa shape index (κ2) is 9.26. The summed E-state index contributed by atoms with van der Waals surface area (Å²) in [4.78, 5) is 0.936. The van der Waals surface area contributed by atoms with Gasteiger partial charge in [0.2, 0.25) is 10.0 Å². The van der Waals surface area contributed by atoms with Gasteiger partial charge in [-0.1, -0.05) is 38.3 Å². The molecular formula is C14H24N2O2S2. The van der Waals surface area contributed by atoms with Crippen LogP contribution in [0.25, 0.3) is 0 Å². The molecule has 1 aromatic carbocycles. The molecule has 0 radical (unpaired) electrons. The molecule has 3 N–H and O–H groups in total. The standard InChI is InChI=1S/C14H24N2O2S2/c1-2-3-4-7-10-16-20(17,18)12-11-19-14-9-6-5-8-13(14)15/h5-6,8-9,16H,2-4,7,10-12,15H2,1H3. The van der Waals surface area contributed by atoms with Gasteiger partial charge in [0, 0.05) is 22.9 Å². The summed E-state index contributed by atoms with van der Waals surface area (Å²) in [6, 6.07) is 7.50. The number of nitrogens with one attached hydrogen (secondary N) is 1. The molecule has 0 spiro atoms. The Hall–Kier alpha value is -0.720. The number of benzene rings is 1. The first-order valence-corrected chi connectivity index (χ1v) is 9.63. The molecule has 0 saturated heterocycles. The van der Waals surface area contributed by atoms with E-state index in [1.54, 1.807) is 0 Å². The second-order valence-electron chi connectivity index (χ2n) is 4.66. The van der Waals surface area contributed by atoms with Crippen LogP contribution in [0.1, 0.15) is 32.6 Å². The Morgan fingerprint density at radius 2 is 1.95 bits per heavy atom. The third kappa shape index (κ3) is 7.17. The number of anilines is 1. The fourth-order valence-corrected chi connectivity index (χ4v) is 4.17. The van der Waals surface area contributed by atoms with Crippen LogP contribution in [0.3, 0.4) is 0 Å². The van der Waals surface area contributed by atoms with Gasteiger partial charge in [0.05, 0.1) is 5.75 Å². The third-order valence-electron chi connectivity index (χ3n) is 2.88. The highest BCUT2D eigenvalue weighted by atomic mass is 32.2. The number of unbranched alkanes of at least 4 members (excludes halogenated alkanes) is 3. The zero-order valence-corrected chi connectivity index (χ0v) is 13.6. The Bertz CT molecular complexity index is 490. The lowest BCUT2D eigenvalue weighted by Crippen LogP contribution is -2.28. The second-order valence-corrected chi connectivity index (χ2v) is 7.72. The van der Waals surface area contributed by atoms with Crippen molar-refractivity contribution < 1.29 is 8.42 Å². The molecule has 114 valence electrons. The summed E-state index contributed by atoms with van der Waals surface area (Å²) in [5.74, 6) is 0.637. The van der Waals surface area contributed by atoms with Crippen molar-refractivity contribution in [3.8, 4) is 0 Å². The maximum atomic E-state index is 11.8. The SMILES string of the molecule is CCCCCCNS(=O)(=O)CCSc1ccccc1N. The molecule has 0 saturated carbocycles. The first-order valence-electron chi connectivity index (χ1n) is 7.00. The van der Waals surface area contributed by atoms with E-state index in [2.05, 4.69) is 11.6 Å². The van der Waals surface area contributed by atoms with Crippen LogP contribution < -0.4 is 10.5 Å². The van der Waals surface area contributed by atoms with E-state index in [0.717, 1.165) is 30.6 Å². The monoisotopic (exact) mass is 316 g/mol. The lowest BCUT2D eigenvalue weighted by molar-refractivity contribution is 0.575. The van der Waals surface area contributed by atoms with Crippen molar-refractivity contribution in [1.82, 2.24) is 4.72 Å². The van der Waals surface area contributed by atoms with Gasteiger partial charge in [-0.2, -0.15) is 0 Å². The van der Waals surface area contributed by atoms with E-state index in [-0.39, 0.29) is 5.75 Å². The van der Waals surface area contributed by atoms with Crippen molar-refractivity contribution >= 4 is 27.5 Å². The first kappa shape index (κ1) is 17.3. The molecule has 0 aliphatic carbocycles. The maximum Gasteiger partial charge on any atom is 0.212 e. The number of sulfonamides is 1. The van der Waals surface area contributed by atoms with E-state index in [9.17, 15) is 8.42 Å². The summed E-state index contributed by atoms with van der Waals surface area (Å²) in [6.07, 6.45) is 4.30. The quantitative estimate of drug-likeness (QED) is 0.395. The van der Waals surface area contributed by atoms with Gasteiger partial charge in [-0.3, -0.25) is 0 Å². The number of rotatable bonds is 10. The van der Waals surface area contributed by atoms with Crippen LogP contribution >= 0.6 is 11.8 Å². The van der Waals surface area contributed by atoms with Crippen LogP contribution in [0.4, 0.5) is 5.69 Å². The number of hydrogen-bond acceptors (Lipinski definition) is 4. The minimum Gasteiger partial charge on any atom is -0.398 e. The highest BCUT2D eigenvalue weighted by Gasteiger charge is 2.09. The Morgan fingerprint density at radius 1 is 1.20 bits per heavy atom. The summed E-state index contributed by atoms with van der Waals surface area (Å²) in [5, 5.41) is 0. The molecular weight excluding hydrogens is 292 g/mol. The molecule has 0 unspecified atom stereocenters. The largest absolute Gasteiger partial charge is 0.398 e. The third-order valence-corrected chi connectivity index (χ3v) is 5.62. The molecule has 0 heterocycles. The van der Waals surface area contributed by atoms with Gasteiger partial charge in [-0.05, 0) is 18.6 Å². The molecule has 6 heteroatoms. The normalized spacial score (nSPS) is 11.7. The summed E-state index contributed by atoms with van der Waals surface area (Å²) < 4.78 is 26.2. The minimum atomic E-state index is -3.16. The average molecular weight is 316 g/mol. The maximum absolute atomic E-state index is 11.8. The highest BCUT2D eigenvalue weighted by molar-refractivity contribution is 8.00. The van der Waals surface area contributed by atoms with Gasteiger partial charge >= 0.3 is 0 Å². The number of hydrogen-bond donors (Lipinski definition) is 2. The number of para-hydroxylation sites is 1. The summed E-state index contributed by atoms with van der Waals surface area (Å²) in [6.45, 7) is 2.68. The predicted molar refractivity (Wildman–Crippen MR) is 87.5 cm³/mol.